The van der Waals surface area contributed by atoms with Crippen molar-refractivity contribution in [3.8, 4) is 0 Å². The minimum atomic E-state index is -0.192. The van der Waals surface area contributed by atoms with Gasteiger partial charge in [-0.2, -0.15) is 0 Å². The number of carbonyl (C=O) groups excluding carboxylic acids is 1. The van der Waals surface area contributed by atoms with Gasteiger partial charge in [-0.3, -0.25) is 9.78 Å². The molecule has 104 valence electrons. The lowest BCUT2D eigenvalue weighted by molar-refractivity contribution is 0.102. The molecule has 0 saturated heterocycles. The number of fused-ring (bicyclic) bond motifs is 1. The van der Waals surface area contributed by atoms with Crippen LogP contribution in [0.1, 0.15) is 16.1 Å². The number of nitrogens with zero attached hydrogens (tertiary/aromatic N) is 2. The van der Waals surface area contributed by atoms with E-state index in [1.54, 1.807) is 18.3 Å². The highest BCUT2D eigenvalue weighted by molar-refractivity contribution is 9.10. The van der Waals surface area contributed by atoms with Crippen LogP contribution in [0.4, 0.5) is 5.82 Å². The summed E-state index contributed by atoms with van der Waals surface area (Å²) in [7, 11) is 0. The van der Waals surface area contributed by atoms with Gasteiger partial charge >= 0.3 is 0 Å². The zero-order valence-corrected chi connectivity index (χ0v) is 12.9. The van der Waals surface area contributed by atoms with Crippen molar-refractivity contribution >= 4 is 38.6 Å². The molecule has 0 spiro atoms. The van der Waals surface area contributed by atoms with Crippen molar-refractivity contribution in [1.29, 1.82) is 0 Å². The third-order valence-electron chi connectivity index (χ3n) is 3.05. The van der Waals surface area contributed by atoms with Crippen molar-refractivity contribution in [3.05, 3.63) is 64.4 Å². The fourth-order valence-electron chi connectivity index (χ4n) is 2.15. The summed E-state index contributed by atoms with van der Waals surface area (Å²) in [5.74, 6) is 0.315. The van der Waals surface area contributed by atoms with Gasteiger partial charge in [0.15, 0.2) is 0 Å². The Kier molecular flexibility index (Phi) is 3.66. The van der Waals surface area contributed by atoms with Crippen molar-refractivity contribution in [2.24, 2.45) is 0 Å². The number of anilines is 1. The summed E-state index contributed by atoms with van der Waals surface area (Å²) in [6.45, 7) is 1.88. The van der Waals surface area contributed by atoms with Gasteiger partial charge in [0.25, 0.3) is 5.91 Å². The Morgan fingerprint density at radius 2 is 2.00 bits per heavy atom. The largest absolute Gasteiger partial charge is 0.307 e. The van der Waals surface area contributed by atoms with Crippen LogP contribution in [0.3, 0.4) is 0 Å². The lowest BCUT2D eigenvalue weighted by atomic mass is 10.1. The highest BCUT2D eigenvalue weighted by Crippen LogP contribution is 2.20. The standard InChI is InChI=1S/C16H12BrN3O/c1-10-8-13(12-4-2-3-5-14(12)19-10)16(21)20-15-9-11(17)6-7-18-15/h2-9H,1H3,(H,18,20,21). The second-order valence-corrected chi connectivity index (χ2v) is 5.56. The SMILES string of the molecule is Cc1cc(C(=O)Nc2cc(Br)ccn2)c2ccccc2n1. The second kappa shape index (κ2) is 5.61. The zero-order chi connectivity index (χ0) is 14.8. The van der Waals surface area contributed by atoms with Gasteiger partial charge in [-0.1, -0.05) is 34.1 Å². The second-order valence-electron chi connectivity index (χ2n) is 4.64. The molecule has 0 unspecified atom stereocenters. The van der Waals surface area contributed by atoms with Crippen molar-refractivity contribution in [2.75, 3.05) is 5.32 Å². The van der Waals surface area contributed by atoms with Crippen LogP contribution in [0.5, 0.6) is 0 Å². The number of nitrogens with one attached hydrogen (secondary N) is 1. The summed E-state index contributed by atoms with van der Waals surface area (Å²) in [5.41, 5.74) is 2.21. The molecule has 0 fully saturated rings. The van der Waals surface area contributed by atoms with Gasteiger partial charge in [-0.25, -0.2) is 4.98 Å². The van der Waals surface area contributed by atoms with Crippen LogP contribution in [0.2, 0.25) is 0 Å². The summed E-state index contributed by atoms with van der Waals surface area (Å²) in [5, 5.41) is 3.64. The van der Waals surface area contributed by atoms with Gasteiger partial charge in [-0.05, 0) is 31.2 Å². The molecule has 0 bridgehead atoms. The van der Waals surface area contributed by atoms with Crippen LogP contribution >= 0.6 is 15.9 Å². The maximum absolute atomic E-state index is 12.5. The van der Waals surface area contributed by atoms with Crippen LogP contribution in [0.25, 0.3) is 10.9 Å². The third kappa shape index (κ3) is 2.92. The van der Waals surface area contributed by atoms with Crippen molar-refractivity contribution in [1.82, 2.24) is 9.97 Å². The molecule has 2 aromatic heterocycles. The molecule has 4 nitrogen and oxygen atoms in total. The fraction of sp³-hybridized carbons (Fsp3) is 0.0625. The number of amides is 1. The zero-order valence-electron chi connectivity index (χ0n) is 11.3. The predicted octanol–water partition coefficient (Wildman–Crippen LogP) is 3.95. The van der Waals surface area contributed by atoms with Gasteiger partial charge in [0.05, 0.1) is 11.1 Å². The Labute approximate surface area is 130 Å². The summed E-state index contributed by atoms with van der Waals surface area (Å²) in [6, 6.07) is 13.0. The smallest absolute Gasteiger partial charge is 0.257 e. The molecule has 1 amide bonds. The molecular formula is C16H12BrN3O. The van der Waals surface area contributed by atoms with E-state index in [0.717, 1.165) is 21.1 Å². The molecule has 3 aromatic rings. The first-order valence-electron chi connectivity index (χ1n) is 6.43. The van der Waals surface area contributed by atoms with E-state index in [9.17, 15) is 4.79 Å². The highest BCUT2D eigenvalue weighted by Gasteiger charge is 2.12. The first kappa shape index (κ1) is 13.7. The van der Waals surface area contributed by atoms with E-state index in [1.165, 1.54) is 0 Å². The first-order chi connectivity index (χ1) is 10.1. The van der Waals surface area contributed by atoms with E-state index in [2.05, 4.69) is 31.2 Å². The average molecular weight is 342 g/mol. The molecular weight excluding hydrogens is 330 g/mol. The normalized spacial score (nSPS) is 10.6. The Morgan fingerprint density at radius 1 is 1.19 bits per heavy atom. The maximum Gasteiger partial charge on any atom is 0.257 e. The third-order valence-corrected chi connectivity index (χ3v) is 3.55. The van der Waals surface area contributed by atoms with Gasteiger partial charge in [0.2, 0.25) is 0 Å². The molecule has 0 saturated carbocycles. The molecule has 1 N–H and O–H groups in total. The first-order valence-corrected chi connectivity index (χ1v) is 7.22. The molecule has 0 aliphatic rings. The maximum atomic E-state index is 12.5. The molecule has 0 radical (unpaired) electrons. The van der Waals surface area contributed by atoms with Crippen LogP contribution in [0.15, 0.2) is 53.1 Å². The summed E-state index contributed by atoms with van der Waals surface area (Å²) < 4.78 is 0.864. The average Bonchev–Trinajstić information content (AvgIpc) is 2.46. The number of aryl methyl sites for hydroxylation is 1. The number of hydrogen-bond donors (Lipinski definition) is 1. The van der Waals surface area contributed by atoms with Crippen molar-refractivity contribution < 1.29 is 4.79 Å². The van der Waals surface area contributed by atoms with Crippen LogP contribution in [0, 0.1) is 6.92 Å². The number of hydrogen-bond acceptors (Lipinski definition) is 3. The van der Waals surface area contributed by atoms with Gasteiger partial charge in [-0.15, -0.1) is 0 Å². The lowest BCUT2D eigenvalue weighted by Crippen LogP contribution is -2.14. The van der Waals surface area contributed by atoms with Crippen molar-refractivity contribution in [3.63, 3.8) is 0 Å². The van der Waals surface area contributed by atoms with Gasteiger partial charge in [0.1, 0.15) is 5.82 Å². The molecule has 2 heterocycles. The van der Waals surface area contributed by atoms with E-state index < -0.39 is 0 Å². The van der Waals surface area contributed by atoms with E-state index in [0.29, 0.717) is 11.4 Å². The molecule has 21 heavy (non-hydrogen) atoms. The van der Waals surface area contributed by atoms with E-state index in [1.807, 2.05) is 37.3 Å². The molecule has 0 atom stereocenters. The molecule has 0 aliphatic carbocycles. The fourth-order valence-corrected chi connectivity index (χ4v) is 2.49. The number of aromatic nitrogens is 2. The van der Waals surface area contributed by atoms with Gasteiger partial charge in [0, 0.05) is 21.7 Å². The number of rotatable bonds is 2. The van der Waals surface area contributed by atoms with E-state index in [4.69, 9.17) is 0 Å². The number of halogens is 1. The summed E-state index contributed by atoms with van der Waals surface area (Å²) >= 11 is 3.36. The topological polar surface area (TPSA) is 54.9 Å². The predicted molar refractivity (Wildman–Crippen MR) is 86.4 cm³/mol. The quantitative estimate of drug-likeness (QED) is 0.767. The Bertz CT molecular complexity index is 833. The Balaban J connectivity index is 2.02. The summed E-state index contributed by atoms with van der Waals surface area (Å²) in [4.78, 5) is 21.1. The minimum absolute atomic E-state index is 0.192. The number of para-hydroxylation sites is 1. The molecule has 5 heteroatoms. The Hall–Kier alpha value is -2.27. The van der Waals surface area contributed by atoms with E-state index in [-0.39, 0.29) is 5.91 Å². The number of carbonyl (C=O) groups is 1. The minimum Gasteiger partial charge on any atom is -0.307 e. The van der Waals surface area contributed by atoms with Gasteiger partial charge < -0.3 is 5.32 Å². The lowest BCUT2D eigenvalue weighted by Gasteiger charge is -2.08. The monoisotopic (exact) mass is 341 g/mol. The Morgan fingerprint density at radius 3 is 2.81 bits per heavy atom. The molecule has 1 aromatic carbocycles. The number of pyridine rings is 2. The molecule has 3 rings (SSSR count). The van der Waals surface area contributed by atoms with Crippen molar-refractivity contribution in [2.45, 2.75) is 6.92 Å². The number of benzene rings is 1. The van der Waals surface area contributed by atoms with Crippen LogP contribution in [-0.4, -0.2) is 15.9 Å². The van der Waals surface area contributed by atoms with E-state index >= 15 is 0 Å². The van der Waals surface area contributed by atoms with Crippen LogP contribution in [-0.2, 0) is 0 Å². The van der Waals surface area contributed by atoms with Crippen LogP contribution < -0.4 is 5.32 Å². The highest BCUT2D eigenvalue weighted by atomic mass is 79.9. The molecule has 0 aliphatic heterocycles. The summed E-state index contributed by atoms with van der Waals surface area (Å²) in [6.07, 6.45) is 1.63.